The summed E-state index contributed by atoms with van der Waals surface area (Å²) in [5.41, 5.74) is -0.392. The summed E-state index contributed by atoms with van der Waals surface area (Å²) in [6, 6.07) is 8.12. The molecular formula is C21H30N2O6. The monoisotopic (exact) mass is 406 g/mol. The molecule has 0 bridgehead atoms. The molecule has 8 heteroatoms. The number of nitrogens with one attached hydrogen (secondary N) is 2. The minimum Gasteiger partial charge on any atom is -0.460 e. The molecule has 0 heterocycles. The number of ether oxygens (including phenoxy) is 2. The Kier molecular flexibility index (Phi) is 9.47. The highest BCUT2D eigenvalue weighted by Crippen LogP contribution is 2.12. The summed E-state index contributed by atoms with van der Waals surface area (Å²) in [4.78, 5) is 36.6. The summed E-state index contributed by atoms with van der Waals surface area (Å²) in [6.45, 7) is 6.32. The second-order valence-corrected chi connectivity index (χ2v) is 7.61. The Morgan fingerprint density at radius 3 is 2.31 bits per heavy atom. The number of hydrogen-bond donors (Lipinski definition) is 3. The second-order valence-electron chi connectivity index (χ2n) is 7.61. The van der Waals surface area contributed by atoms with Gasteiger partial charge in [-0.2, -0.15) is 0 Å². The average molecular weight is 406 g/mol. The zero-order valence-corrected chi connectivity index (χ0v) is 17.4. The van der Waals surface area contributed by atoms with Gasteiger partial charge >= 0.3 is 11.9 Å². The molecule has 2 atom stereocenters. The molecule has 0 unspecified atom stereocenters. The Labute approximate surface area is 171 Å². The SMILES string of the molecule is CC[C@@H](C(=N)C(=O)OCc1ccccc1)C(=O)N[C@H](CO)CC(=O)OC(C)(C)C. The van der Waals surface area contributed by atoms with Crippen molar-refractivity contribution < 1.29 is 29.0 Å². The average Bonchev–Trinajstić information content (AvgIpc) is 2.65. The van der Waals surface area contributed by atoms with Crippen LogP contribution in [0.25, 0.3) is 0 Å². The first-order valence-corrected chi connectivity index (χ1v) is 9.50. The predicted octanol–water partition coefficient (Wildman–Crippen LogP) is 1.98. The van der Waals surface area contributed by atoms with Crippen molar-refractivity contribution >= 4 is 23.6 Å². The molecule has 0 radical (unpaired) electrons. The molecule has 3 N–H and O–H groups in total. The quantitative estimate of drug-likeness (QED) is 0.403. The molecule has 8 nitrogen and oxygen atoms in total. The fourth-order valence-corrected chi connectivity index (χ4v) is 2.51. The van der Waals surface area contributed by atoms with Crippen LogP contribution in [0.3, 0.4) is 0 Å². The fourth-order valence-electron chi connectivity index (χ4n) is 2.51. The van der Waals surface area contributed by atoms with Gasteiger partial charge in [-0.25, -0.2) is 4.79 Å². The van der Waals surface area contributed by atoms with Crippen molar-refractivity contribution in [2.75, 3.05) is 6.61 Å². The normalized spacial score (nSPS) is 13.1. The standard InChI is InChI=1S/C21H30N2O6/c1-5-16(18(22)20(27)28-13-14-9-7-6-8-10-14)19(26)23-15(12-24)11-17(25)29-21(2,3)4/h6-10,15-16,22,24H,5,11-13H2,1-4H3,(H,23,26)/t15-,16-/m0/s1. The van der Waals surface area contributed by atoms with E-state index in [0.29, 0.717) is 0 Å². The van der Waals surface area contributed by atoms with Crippen molar-refractivity contribution in [2.45, 2.75) is 58.8 Å². The maximum atomic E-state index is 12.5. The number of hydrogen-bond acceptors (Lipinski definition) is 7. The molecular weight excluding hydrogens is 376 g/mol. The van der Waals surface area contributed by atoms with Gasteiger partial charge in [0.25, 0.3) is 0 Å². The van der Waals surface area contributed by atoms with Gasteiger partial charge in [0.15, 0.2) is 0 Å². The molecule has 0 aliphatic rings. The van der Waals surface area contributed by atoms with Crippen molar-refractivity contribution in [2.24, 2.45) is 5.92 Å². The lowest BCUT2D eigenvalue weighted by atomic mass is 9.98. The van der Waals surface area contributed by atoms with E-state index in [1.54, 1.807) is 52.0 Å². The van der Waals surface area contributed by atoms with Crippen LogP contribution in [0.15, 0.2) is 30.3 Å². The van der Waals surface area contributed by atoms with Gasteiger partial charge in [-0.3, -0.25) is 15.0 Å². The van der Waals surface area contributed by atoms with Crippen molar-refractivity contribution in [3.8, 4) is 0 Å². The molecule has 160 valence electrons. The molecule has 1 rings (SSSR count). The topological polar surface area (TPSA) is 126 Å². The van der Waals surface area contributed by atoms with E-state index >= 15 is 0 Å². The molecule has 0 fully saturated rings. The first kappa shape index (κ1) is 24.3. The number of amides is 1. The van der Waals surface area contributed by atoms with Crippen molar-refractivity contribution in [1.29, 1.82) is 5.41 Å². The van der Waals surface area contributed by atoms with E-state index in [9.17, 15) is 19.5 Å². The van der Waals surface area contributed by atoms with Gasteiger partial charge in [-0.15, -0.1) is 0 Å². The summed E-state index contributed by atoms with van der Waals surface area (Å²) < 4.78 is 10.3. The number of esters is 2. The lowest BCUT2D eigenvalue weighted by molar-refractivity contribution is -0.155. The van der Waals surface area contributed by atoms with Gasteiger partial charge in [-0.1, -0.05) is 37.3 Å². The van der Waals surface area contributed by atoms with Crippen LogP contribution in [-0.2, 0) is 30.5 Å². The highest BCUT2D eigenvalue weighted by molar-refractivity contribution is 6.39. The Balaban J connectivity index is 2.64. The molecule has 0 aliphatic heterocycles. The Morgan fingerprint density at radius 2 is 1.79 bits per heavy atom. The molecule has 1 aromatic rings. The molecule has 0 saturated heterocycles. The minimum atomic E-state index is -1.05. The van der Waals surface area contributed by atoms with Crippen molar-refractivity contribution in [3.05, 3.63) is 35.9 Å². The lowest BCUT2D eigenvalue weighted by Gasteiger charge is -2.23. The summed E-state index contributed by atoms with van der Waals surface area (Å²) in [5, 5.41) is 20.0. The van der Waals surface area contributed by atoms with E-state index in [4.69, 9.17) is 14.9 Å². The van der Waals surface area contributed by atoms with Crippen molar-refractivity contribution in [1.82, 2.24) is 5.32 Å². The van der Waals surface area contributed by atoms with Crippen LogP contribution in [0.4, 0.5) is 0 Å². The smallest absolute Gasteiger partial charge is 0.353 e. The second kappa shape index (κ2) is 11.3. The lowest BCUT2D eigenvalue weighted by Crippen LogP contribution is -2.46. The fraction of sp³-hybridized carbons (Fsp3) is 0.524. The molecule has 1 aromatic carbocycles. The largest absolute Gasteiger partial charge is 0.460 e. The highest BCUT2D eigenvalue weighted by atomic mass is 16.6. The summed E-state index contributed by atoms with van der Waals surface area (Å²) in [7, 11) is 0. The van der Waals surface area contributed by atoms with E-state index in [1.165, 1.54) is 0 Å². The van der Waals surface area contributed by atoms with E-state index in [0.717, 1.165) is 5.56 Å². The number of benzene rings is 1. The van der Waals surface area contributed by atoms with E-state index < -0.39 is 47.7 Å². The molecule has 0 saturated carbocycles. The zero-order chi connectivity index (χ0) is 22.0. The maximum absolute atomic E-state index is 12.5. The van der Waals surface area contributed by atoms with E-state index in [1.807, 2.05) is 6.07 Å². The molecule has 29 heavy (non-hydrogen) atoms. The third kappa shape index (κ3) is 8.87. The molecule has 0 spiro atoms. The van der Waals surface area contributed by atoms with Gasteiger partial charge in [0.05, 0.1) is 25.0 Å². The van der Waals surface area contributed by atoms with Crippen LogP contribution in [-0.4, -0.2) is 46.9 Å². The number of rotatable bonds is 10. The van der Waals surface area contributed by atoms with Gasteiger partial charge < -0.3 is 19.9 Å². The van der Waals surface area contributed by atoms with Crippen LogP contribution >= 0.6 is 0 Å². The van der Waals surface area contributed by atoms with Crippen LogP contribution in [0.2, 0.25) is 0 Å². The van der Waals surface area contributed by atoms with Crippen LogP contribution in [0, 0.1) is 11.3 Å². The molecule has 1 amide bonds. The van der Waals surface area contributed by atoms with Crippen molar-refractivity contribution in [3.63, 3.8) is 0 Å². The van der Waals surface area contributed by atoms with Gasteiger partial charge in [0.2, 0.25) is 5.91 Å². The molecule has 0 aliphatic carbocycles. The summed E-state index contributed by atoms with van der Waals surface area (Å²) in [5.74, 6) is -3.13. The number of carbonyl (C=O) groups is 3. The minimum absolute atomic E-state index is 0.00197. The summed E-state index contributed by atoms with van der Waals surface area (Å²) in [6.07, 6.45) is -0.0303. The number of aliphatic hydroxyl groups excluding tert-OH is 1. The Bertz CT molecular complexity index is 712. The van der Waals surface area contributed by atoms with E-state index in [2.05, 4.69) is 5.32 Å². The number of aliphatic hydroxyl groups is 1. The van der Waals surface area contributed by atoms with Gasteiger partial charge in [0.1, 0.15) is 17.9 Å². The third-order valence-electron chi connectivity index (χ3n) is 3.91. The first-order valence-electron chi connectivity index (χ1n) is 9.50. The Morgan fingerprint density at radius 1 is 1.17 bits per heavy atom. The number of carbonyl (C=O) groups excluding carboxylic acids is 3. The zero-order valence-electron chi connectivity index (χ0n) is 17.4. The van der Waals surface area contributed by atoms with Crippen LogP contribution < -0.4 is 5.32 Å². The summed E-state index contributed by atoms with van der Waals surface area (Å²) >= 11 is 0. The maximum Gasteiger partial charge on any atom is 0.353 e. The predicted molar refractivity (Wildman–Crippen MR) is 107 cm³/mol. The third-order valence-corrected chi connectivity index (χ3v) is 3.91. The van der Waals surface area contributed by atoms with E-state index in [-0.39, 0.29) is 19.4 Å². The molecule has 0 aromatic heterocycles. The van der Waals surface area contributed by atoms with Gasteiger partial charge in [-0.05, 0) is 32.8 Å². The Hall–Kier alpha value is -2.74. The van der Waals surface area contributed by atoms with Crippen LogP contribution in [0.1, 0.15) is 46.1 Å². The highest BCUT2D eigenvalue weighted by Gasteiger charge is 2.30. The van der Waals surface area contributed by atoms with Crippen LogP contribution in [0.5, 0.6) is 0 Å². The van der Waals surface area contributed by atoms with Gasteiger partial charge in [0, 0.05) is 0 Å². The first-order chi connectivity index (χ1) is 13.6.